The van der Waals surface area contributed by atoms with E-state index in [1.807, 2.05) is 0 Å². The van der Waals surface area contributed by atoms with Crippen molar-refractivity contribution in [1.82, 2.24) is 4.90 Å². The summed E-state index contributed by atoms with van der Waals surface area (Å²) in [4.78, 5) is 15.0. The van der Waals surface area contributed by atoms with Gasteiger partial charge in [0, 0.05) is 25.0 Å². The Labute approximate surface area is 127 Å². The minimum absolute atomic E-state index is 0. The van der Waals surface area contributed by atoms with Gasteiger partial charge in [0.05, 0.1) is 0 Å². The molecule has 3 nitrogen and oxygen atoms in total. The van der Waals surface area contributed by atoms with Crippen LogP contribution in [0.1, 0.15) is 32.1 Å². The number of likely N-dealkylation sites (tertiary alicyclic amines) is 1. The Morgan fingerprint density at radius 1 is 0.950 bits per heavy atom. The molecule has 1 heterocycles. The van der Waals surface area contributed by atoms with Gasteiger partial charge < -0.3 is 10.6 Å². The van der Waals surface area contributed by atoms with Crippen molar-refractivity contribution >= 4 is 18.3 Å². The Bertz CT molecular complexity index is 426. The van der Waals surface area contributed by atoms with Crippen molar-refractivity contribution < 1.29 is 4.79 Å². The highest BCUT2D eigenvalue weighted by Crippen LogP contribution is 2.69. The molecule has 5 aliphatic rings. The number of rotatable bonds is 1. The van der Waals surface area contributed by atoms with Crippen LogP contribution in [0.25, 0.3) is 0 Å². The molecule has 0 aromatic rings. The fourth-order valence-corrected chi connectivity index (χ4v) is 6.35. The normalized spacial score (nSPS) is 54.5. The summed E-state index contributed by atoms with van der Waals surface area (Å²) in [6, 6.07) is 0.359. The van der Waals surface area contributed by atoms with Crippen LogP contribution in [0.5, 0.6) is 0 Å². The summed E-state index contributed by atoms with van der Waals surface area (Å²) in [5, 5.41) is 0. The van der Waals surface area contributed by atoms with Crippen LogP contribution in [-0.2, 0) is 4.79 Å². The summed E-state index contributed by atoms with van der Waals surface area (Å²) in [5.41, 5.74) is 6.18. The van der Waals surface area contributed by atoms with Gasteiger partial charge in [-0.2, -0.15) is 0 Å². The number of carbonyl (C=O) groups excluding carboxylic acids is 1. The topological polar surface area (TPSA) is 46.3 Å². The van der Waals surface area contributed by atoms with E-state index >= 15 is 0 Å². The molecule has 4 aliphatic carbocycles. The zero-order chi connectivity index (χ0) is 12.7. The second-order valence-electron chi connectivity index (χ2n) is 7.92. The predicted octanol–water partition coefficient (Wildman–Crippen LogP) is 1.90. The fraction of sp³-hybridized carbons (Fsp3) is 0.938. The SMILES string of the molecule is Cl.NC1CCC2CN(C(=O)C3C4C5CCC(C5)C34)CC12. The molecule has 0 spiro atoms. The number of nitrogens with zero attached hydrogens (tertiary/aromatic N) is 1. The molecule has 5 rings (SSSR count). The third kappa shape index (κ3) is 1.60. The number of amides is 1. The van der Waals surface area contributed by atoms with Gasteiger partial charge in [0.1, 0.15) is 0 Å². The molecule has 2 N–H and O–H groups in total. The minimum atomic E-state index is 0. The van der Waals surface area contributed by atoms with E-state index in [-0.39, 0.29) is 12.4 Å². The Hall–Kier alpha value is -0.280. The predicted molar refractivity (Wildman–Crippen MR) is 79.3 cm³/mol. The molecule has 1 amide bonds. The van der Waals surface area contributed by atoms with E-state index in [0.29, 0.717) is 29.7 Å². The smallest absolute Gasteiger partial charge is 0.226 e. The van der Waals surface area contributed by atoms with E-state index < -0.39 is 0 Å². The largest absolute Gasteiger partial charge is 0.342 e. The lowest BCUT2D eigenvalue weighted by Gasteiger charge is -2.20. The second-order valence-corrected chi connectivity index (χ2v) is 7.92. The molecule has 0 radical (unpaired) electrons. The lowest BCUT2D eigenvalue weighted by Crippen LogP contribution is -2.35. The summed E-state index contributed by atoms with van der Waals surface area (Å²) in [6.45, 7) is 1.98. The van der Waals surface area contributed by atoms with Crippen LogP contribution < -0.4 is 5.73 Å². The molecule has 7 unspecified atom stereocenters. The average Bonchev–Trinajstić information content (AvgIpc) is 2.86. The number of hydrogen-bond donors (Lipinski definition) is 1. The van der Waals surface area contributed by atoms with Gasteiger partial charge in [-0.1, -0.05) is 0 Å². The molecule has 5 fully saturated rings. The van der Waals surface area contributed by atoms with Crippen molar-refractivity contribution in [2.45, 2.75) is 38.1 Å². The quantitative estimate of drug-likeness (QED) is 0.803. The molecule has 1 saturated heterocycles. The van der Waals surface area contributed by atoms with Crippen LogP contribution in [0.15, 0.2) is 0 Å². The van der Waals surface area contributed by atoms with Gasteiger partial charge in [-0.3, -0.25) is 4.79 Å². The van der Waals surface area contributed by atoms with Gasteiger partial charge >= 0.3 is 0 Å². The zero-order valence-corrected chi connectivity index (χ0v) is 12.7. The maximum absolute atomic E-state index is 12.8. The molecule has 4 saturated carbocycles. The van der Waals surface area contributed by atoms with Crippen molar-refractivity contribution in [3.63, 3.8) is 0 Å². The minimum Gasteiger partial charge on any atom is -0.342 e. The Balaban J connectivity index is 0.00000106. The van der Waals surface area contributed by atoms with Crippen molar-refractivity contribution in [3.8, 4) is 0 Å². The second kappa shape index (κ2) is 4.36. The van der Waals surface area contributed by atoms with Crippen LogP contribution in [0.2, 0.25) is 0 Å². The zero-order valence-electron chi connectivity index (χ0n) is 11.9. The van der Waals surface area contributed by atoms with Crippen LogP contribution in [-0.4, -0.2) is 29.9 Å². The first-order valence-corrected chi connectivity index (χ1v) is 8.28. The standard InChI is InChI=1S/C16H24N2O.ClH/c17-12-4-3-10-6-18(7-11(10)12)16(19)15-13-8-1-2-9(5-8)14(13)15;/h8-15H,1-7,17H2;1H. The van der Waals surface area contributed by atoms with E-state index in [0.717, 1.165) is 36.8 Å². The molecule has 20 heavy (non-hydrogen) atoms. The van der Waals surface area contributed by atoms with Crippen molar-refractivity contribution in [1.29, 1.82) is 0 Å². The number of fused-ring (bicyclic) bond motifs is 6. The highest BCUT2D eigenvalue weighted by atomic mass is 35.5. The van der Waals surface area contributed by atoms with Gasteiger partial charge in [-0.15, -0.1) is 12.4 Å². The van der Waals surface area contributed by atoms with E-state index in [9.17, 15) is 4.79 Å². The Morgan fingerprint density at radius 3 is 2.25 bits per heavy atom. The first-order chi connectivity index (χ1) is 9.24. The molecule has 112 valence electrons. The van der Waals surface area contributed by atoms with E-state index in [1.165, 1.54) is 32.1 Å². The average molecular weight is 297 g/mol. The van der Waals surface area contributed by atoms with Crippen molar-refractivity contribution in [3.05, 3.63) is 0 Å². The third-order valence-electron chi connectivity index (χ3n) is 7.24. The molecule has 0 aromatic carbocycles. The Kier molecular flexibility index (Phi) is 2.92. The number of hydrogen-bond acceptors (Lipinski definition) is 2. The highest BCUT2D eigenvalue weighted by Gasteiger charge is 2.68. The first kappa shape index (κ1) is 13.4. The molecule has 7 atom stereocenters. The number of carbonyl (C=O) groups is 1. The van der Waals surface area contributed by atoms with Crippen molar-refractivity contribution in [2.24, 2.45) is 47.2 Å². The lowest BCUT2D eigenvalue weighted by atomic mass is 9.98. The summed E-state index contributed by atoms with van der Waals surface area (Å²) in [6.07, 6.45) is 6.68. The Morgan fingerprint density at radius 2 is 1.60 bits per heavy atom. The molecule has 4 heteroatoms. The number of nitrogens with two attached hydrogens (primary N) is 1. The summed E-state index contributed by atoms with van der Waals surface area (Å²) in [7, 11) is 0. The molecular weight excluding hydrogens is 272 g/mol. The lowest BCUT2D eigenvalue weighted by molar-refractivity contribution is -0.132. The van der Waals surface area contributed by atoms with Gasteiger partial charge in [-0.25, -0.2) is 0 Å². The molecular formula is C16H25ClN2O. The van der Waals surface area contributed by atoms with Crippen molar-refractivity contribution in [2.75, 3.05) is 13.1 Å². The van der Waals surface area contributed by atoms with E-state index in [1.54, 1.807) is 0 Å². The summed E-state index contributed by atoms with van der Waals surface area (Å²) < 4.78 is 0. The van der Waals surface area contributed by atoms with E-state index in [2.05, 4.69) is 4.90 Å². The third-order valence-corrected chi connectivity index (χ3v) is 7.24. The fourth-order valence-electron chi connectivity index (χ4n) is 6.35. The van der Waals surface area contributed by atoms with Gasteiger partial charge in [0.25, 0.3) is 0 Å². The van der Waals surface area contributed by atoms with Crippen LogP contribution in [0.3, 0.4) is 0 Å². The number of halogens is 1. The highest BCUT2D eigenvalue weighted by molar-refractivity contribution is 5.85. The monoisotopic (exact) mass is 296 g/mol. The van der Waals surface area contributed by atoms with Crippen LogP contribution >= 0.6 is 12.4 Å². The summed E-state index contributed by atoms with van der Waals surface area (Å²) in [5.74, 6) is 5.67. The molecule has 2 bridgehead atoms. The molecule has 1 aliphatic heterocycles. The van der Waals surface area contributed by atoms with Gasteiger partial charge in [0.15, 0.2) is 0 Å². The van der Waals surface area contributed by atoms with Crippen LogP contribution in [0, 0.1) is 41.4 Å². The van der Waals surface area contributed by atoms with Crippen LogP contribution in [0.4, 0.5) is 0 Å². The van der Waals surface area contributed by atoms with E-state index in [4.69, 9.17) is 5.73 Å². The maximum atomic E-state index is 12.8. The van der Waals surface area contributed by atoms with Gasteiger partial charge in [0.2, 0.25) is 5.91 Å². The molecule has 0 aromatic heterocycles. The first-order valence-electron chi connectivity index (χ1n) is 8.28. The van der Waals surface area contributed by atoms with Gasteiger partial charge in [-0.05, 0) is 67.6 Å². The maximum Gasteiger partial charge on any atom is 0.226 e. The summed E-state index contributed by atoms with van der Waals surface area (Å²) >= 11 is 0.